The lowest BCUT2D eigenvalue weighted by molar-refractivity contribution is 0.428. The first-order chi connectivity index (χ1) is 10.2. The molecular formula is C16H23N3OS. The number of nitrogens with one attached hydrogen (secondary N) is 1. The van der Waals surface area contributed by atoms with Crippen LogP contribution >= 0.6 is 11.8 Å². The highest BCUT2D eigenvalue weighted by molar-refractivity contribution is 7.99. The lowest BCUT2D eigenvalue weighted by atomic mass is 10.0. The summed E-state index contributed by atoms with van der Waals surface area (Å²) in [7, 11) is 0. The minimum atomic E-state index is 0.294. The second kappa shape index (κ2) is 8.20. The molecule has 5 heteroatoms. The van der Waals surface area contributed by atoms with Crippen molar-refractivity contribution in [1.82, 2.24) is 15.5 Å². The van der Waals surface area contributed by atoms with Crippen molar-refractivity contribution >= 4 is 11.8 Å². The Labute approximate surface area is 130 Å². The number of thioether (sulfide) groups is 1. The Morgan fingerprint density at radius 2 is 1.95 bits per heavy atom. The normalized spacial score (nSPS) is 12.5. The molecule has 4 nitrogen and oxygen atoms in total. The molecule has 0 fully saturated rings. The first-order valence-electron chi connectivity index (χ1n) is 7.48. The number of aryl methyl sites for hydroxylation is 2. The van der Waals surface area contributed by atoms with Crippen molar-refractivity contribution in [3.8, 4) is 0 Å². The highest BCUT2D eigenvalue weighted by Gasteiger charge is 2.13. The lowest BCUT2D eigenvalue weighted by Gasteiger charge is -2.17. The number of rotatable bonds is 8. The first kappa shape index (κ1) is 16.0. The molecule has 0 spiro atoms. The summed E-state index contributed by atoms with van der Waals surface area (Å²) in [4.78, 5) is 0. The SMILES string of the molecule is CCCc1ccc(C(CSc2nnc(C)o2)NCC)cc1. The summed E-state index contributed by atoms with van der Waals surface area (Å²) in [5, 5.41) is 12.0. The maximum atomic E-state index is 5.41. The van der Waals surface area contributed by atoms with Gasteiger partial charge in [0.15, 0.2) is 0 Å². The third-order valence-corrected chi connectivity index (χ3v) is 4.16. The Morgan fingerprint density at radius 3 is 2.52 bits per heavy atom. The summed E-state index contributed by atoms with van der Waals surface area (Å²) in [6, 6.07) is 9.19. The van der Waals surface area contributed by atoms with Crippen molar-refractivity contribution in [2.75, 3.05) is 12.3 Å². The molecule has 0 radical (unpaired) electrons. The second-order valence-electron chi connectivity index (χ2n) is 5.00. The fourth-order valence-corrected chi connectivity index (χ4v) is 3.11. The third-order valence-electron chi connectivity index (χ3n) is 3.25. The molecule has 1 N–H and O–H groups in total. The van der Waals surface area contributed by atoms with Crippen LogP contribution < -0.4 is 5.32 Å². The number of aromatic nitrogens is 2. The van der Waals surface area contributed by atoms with Crippen molar-refractivity contribution < 1.29 is 4.42 Å². The van der Waals surface area contributed by atoms with Gasteiger partial charge in [-0.25, -0.2) is 0 Å². The van der Waals surface area contributed by atoms with E-state index in [1.807, 2.05) is 6.92 Å². The quantitative estimate of drug-likeness (QED) is 0.752. The Hall–Kier alpha value is -1.33. The number of benzene rings is 1. The van der Waals surface area contributed by atoms with Crippen LogP contribution in [0.4, 0.5) is 0 Å². The Morgan fingerprint density at radius 1 is 1.19 bits per heavy atom. The first-order valence-corrected chi connectivity index (χ1v) is 8.46. The van der Waals surface area contributed by atoms with Crippen molar-refractivity contribution in [3.05, 3.63) is 41.3 Å². The zero-order valence-electron chi connectivity index (χ0n) is 12.9. The summed E-state index contributed by atoms with van der Waals surface area (Å²) in [6.45, 7) is 7.08. The Bertz CT molecular complexity index is 539. The van der Waals surface area contributed by atoms with Gasteiger partial charge in [-0.05, 0) is 24.1 Å². The van der Waals surface area contributed by atoms with Crippen LogP contribution in [-0.4, -0.2) is 22.5 Å². The van der Waals surface area contributed by atoms with Crippen molar-refractivity contribution in [2.45, 2.75) is 44.9 Å². The molecular weight excluding hydrogens is 282 g/mol. The van der Waals surface area contributed by atoms with Crippen molar-refractivity contribution in [3.63, 3.8) is 0 Å². The average Bonchev–Trinajstić information content (AvgIpc) is 2.90. The highest BCUT2D eigenvalue weighted by Crippen LogP contribution is 2.24. The molecule has 1 aromatic carbocycles. The van der Waals surface area contributed by atoms with Gasteiger partial charge in [-0.2, -0.15) is 0 Å². The zero-order chi connectivity index (χ0) is 15.1. The van der Waals surface area contributed by atoms with Gasteiger partial charge in [0.05, 0.1) is 0 Å². The maximum absolute atomic E-state index is 5.41. The molecule has 0 amide bonds. The van der Waals surface area contributed by atoms with Crippen LogP contribution in [0, 0.1) is 6.92 Å². The molecule has 0 saturated heterocycles. The van der Waals surface area contributed by atoms with E-state index in [0.29, 0.717) is 17.2 Å². The molecule has 1 atom stereocenters. The third kappa shape index (κ3) is 4.86. The average molecular weight is 305 g/mol. The minimum absolute atomic E-state index is 0.294. The zero-order valence-corrected chi connectivity index (χ0v) is 13.7. The molecule has 0 saturated carbocycles. The van der Waals surface area contributed by atoms with Crippen molar-refractivity contribution in [2.24, 2.45) is 0 Å². The maximum Gasteiger partial charge on any atom is 0.276 e. The van der Waals surface area contributed by atoms with Gasteiger partial charge >= 0.3 is 0 Å². The molecule has 1 heterocycles. The number of hydrogen-bond acceptors (Lipinski definition) is 5. The molecule has 21 heavy (non-hydrogen) atoms. The summed E-state index contributed by atoms with van der Waals surface area (Å²) >= 11 is 1.60. The molecule has 0 bridgehead atoms. The van der Waals surface area contributed by atoms with Crippen molar-refractivity contribution in [1.29, 1.82) is 0 Å². The lowest BCUT2D eigenvalue weighted by Crippen LogP contribution is -2.22. The standard InChI is InChI=1S/C16H23N3OS/c1-4-6-13-7-9-14(10-8-13)15(17-5-2)11-21-16-19-18-12(3)20-16/h7-10,15,17H,4-6,11H2,1-3H3. The molecule has 1 aromatic heterocycles. The van der Waals surface area contributed by atoms with Crippen LogP contribution in [0.15, 0.2) is 33.9 Å². The van der Waals surface area contributed by atoms with Gasteiger partial charge in [-0.1, -0.05) is 56.3 Å². The predicted octanol–water partition coefficient (Wildman–Crippen LogP) is 3.77. The van der Waals surface area contributed by atoms with Crippen LogP contribution in [0.1, 0.15) is 43.3 Å². The van der Waals surface area contributed by atoms with Gasteiger partial charge in [0, 0.05) is 18.7 Å². The second-order valence-corrected chi connectivity index (χ2v) is 5.97. The van der Waals surface area contributed by atoms with E-state index in [9.17, 15) is 0 Å². The Balaban J connectivity index is 2.00. The summed E-state index contributed by atoms with van der Waals surface area (Å²) < 4.78 is 5.41. The molecule has 2 aromatic rings. The van der Waals surface area contributed by atoms with E-state index in [0.717, 1.165) is 18.7 Å². The van der Waals surface area contributed by atoms with E-state index in [2.05, 4.69) is 53.6 Å². The van der Waals surface area contributed by atoms with E-state index < -0.39 is 0 Å². The smallest absolute Gasteiger partial charge is 0.276 e. The molecule has 0 aliphatic carbocycles. The van der Waals surface area contributed by atoms with E-state index >= 15 is 0 Å². The van der Waals surface area contributed by atoms with Crippen LogP contribution in [0.5, 0.6) is 0 Å². The van der Waals surface area contributed by atoms with Crippen LogP contribution in [-0.2, 0) is 6.42 Å². The minimum Gasteiger partial charge on any atom is -0.416 e. The molecule has 0 aliphatic rings. The van der Waals surface area contributed by atoms with Gasteiger partial charge in [0.2, 0.25) is 5.89 Å². The number of nitrogens with zero attached hydrogens (tertiary/aromatic N) is 2. The van der Waals surface area contributed by atoms with Gasteiger partial charge in [0.25, 0.3) is 5.22 Å². The predicted molar refractivity (Wildman–Crippen MR) is 86.6 cm³/mol. The fourth-order valence-electron chi connectivity index (χ4n) is 2.22. The van der Waals surface area contributed by atoms with E-state index in [4.69, 9.17) is 4.42 Å². The van der Waals surface area contributed by atoms with Gasteiger partial charge in [-0.15, -0.1) is 10.2 Å². The topological polar surface area (TPSA) is 51.0 Å². The highest BCUT2D eigenvalue weighted by atomic mass is 32.2. The molecule has 1 unspecified atom stereocenters. The summed E-state index contributed by atoms with van der Waals surface area (Å²) in [5.74, 6) is 1.49. The van der Waals surface area contributed by atoms with Crippen LogP contribution in [0.25, 0.3) is 0 Å². The largest absolute Gasteiger partial charge is 0.416 e. The summed E-state index contributed by atoms with van der Waals surface area (Å²) in [6.07, 6.45) is 2.32. The molecule has 2 rings (SSSR count). The number of hydrogen-bond donors (Lipinski definition) is 1. The van der Waals surface area contributed by atoms with E-state index in [1.165, 1.54) is 17.5 Å². The van der Waals surface area contributed by atoms with Crippen LogP contribution in [0.2, 0.25) is 0 Å². The summed E-state index contributed by atoms with van der Waals surface area (Å²) in [5.41, 5.74) is 2.71. The monoisotopic (exact) mass is 305 g/mol. The van der Waals surface area contributed by atoms with Gasteiger partial charge in [0.1, 0.15) is 0 Å². The van der Waals surface area contributed by atoms with E-state index in [1.54, 1.807) is 11.8 Å². The molecule has 0 aliphatic heterocycles. The fraction of sp³-hybridized carbons (Fsp3) is 0.500. The van der Waals surface area contributed by atoms with E-state index in [-0.39, 0.29) is 0 Å². The van der Waals surface area contributed by atoms with Gasteiger partial charge < -0.3 is 9.73 Å². The van der Waals surface area contributed by atoms with Gasteiger partial charge in [-0.3, -0.25) is 0 Å². The van der Waals surface area contributed by atoms with Crippen LogP contribution in [0.3, 0.4) is 0 Å². The Kier molecular flexibility index (Phi) is 6.26. The molecule has 114 valence electrons.